The number of nitrogens with zero attached hydrogens (tertiary/aromatic N) is 3. The maximum absolute atomic E-state index is 12.4. The van der Waals surface area contributed by atoms with E-state index in [0.717, 1.165) is 36.7 Å². The Balaban J connectivity index is 0.00000363. The predicted octanol–water partition coefficient (Wildman–Crippen LogP) is 3.29. The summed E-state index contributed by atoms with van der Waals surface area (Å²) in [5, 5.41) is 3.32. The molecule has 0 saturated carbocycles. The van der Waals surface area contributed by atoms with Gasteiger partial charge in [-0.2, -0.15) is 0 Å². The van der Waals surface area contributed by atoms with Gasteiger partial charge in [-0.25, -0.2) is 9.79 Å². The van der Waals surface area contributed by atoms with Crippen LogP contribution in [-0.2, 0) is 22.7 Å². The van der Waals surface area contributed by atoms with Gasteiger partial charge in [0.2, 0.25) is 5.91 Å². The van der Waals surface area contributed by atoms with Crippen molar-refractivity contribution in [2.45, 2.75) is 27.0 Å². The number of carbonyl (C=O) groups is 2. The van der Waals surface area contributed by atoms with Crippen molar-refractivity contribution in [1.29, 1.82) is 0 Å². The molecule has 1 aliphatic heterocycles. The van der Waals surface area contributed by atoms with Crippen LogP contribution in [0.4, 0.5) is 0 Å². The van der Waals surface area contributed by atoms with Gasteiger partial charge in [0.15, 0.2) is 5.96 Å². The summed E-state index contributed by atoms with van der Waals surface area (Å²) in [6.45, 7) is 7.99. The van der Waals surface area contributed by atoms with Crippen LogP contribution in [0.3, 0.4) is 0 Å². The molecular weight excluding hydrogens is 519 g/mol. The zero-order chi connectivity index (χ0) is 22.1. The molecular formula is C24H31IN4O3. The lowest BCUT2D eigenvalue weighted by atomic mass is 10.1. The number of nitrogens with one attached hydrogen (secondary N) is 1. The van der Waals surface area contributed by atoms with Crippen molar-refractivity contribution in [3.63, 3.8) is 0 Å². The Kier molecular flexibility index (Phi) is 10.5. The third-order valence-electron chi connectivity index (χ3n) is 5.15. The van der Waals surface area contributed by atoms with Crippen LogP contribution in [-0.4, -0.2) is 60.4 Å². The van der Waals surface area contributed by atoms with Gasteiger partial charge in [-0.05, 0) is 30.2 Å². The number of amides is 1. The van der Waals surface area contributed by atoms with Gasteiger partial charge in [0.05, 0.1) is 12.1 Å². The molecule has 1 aliphatic rings. The molecule has 7 nitrogen and oxygen atoms in total. The summed E-state index contributed by atoms with van der Waals surface area (Å²) in [7, 11) is 0. The molecule has 2 aromatic carbocycles. The fourth-order valence-corrected chi connectivity index (χ4v) is 3.43. The molecule has 1 N–H and O–H groups in total. The summed E-state index contributed by atoms with van der Waals surface area (Å²) in [4.78, 5) is 32.7. The minimum Gasteiger partial charge on any atom is -0.457 e. The third-order valence-corrected chi connectivity index (χ3v) is 5.15. The van der Waals surface area contributed by atoms with Crippen LogP contribution < -0.4 is 5.32 Å². The Morgan fingerprint density at radius 2 is 1.62 bits per heavy atom. The van der Waals surface area contributed by atoms with Crippen LogP contribution in [0.2, 0.25) is 0 Å². The first-order valence-corrected chi connectivity index (χ1v) is 10.7. The zero-order valence-electron chi connectivity index (χ0n) is 18.6. The van der Waals surface area contributed by atoms with Crippen LogP contribution in [0.15, 0.2) is 59.6 Å². The lowest BCUT2D eigenvalue weighted by Gasteiger charge is -2.36. The van der Waals surface area contributed by atoms with Crippen molar-refractivity contribution in [3.05, 3.63) is 71.3 Å². The average molecular weight is 550 g/mol. The Labute approximate surface area is 206 Å². The quantitative estimate of drug-likeness (QED) is 0.259. The Bertz CT molecular complexity index is 912. The molecule has 3 rings (SSSR count). The van der Waals surface area contributed by atoms with E-state index in [9.17, 15) is 9.59 Å². The van der Waals surface area contributed by atoms with E-state index in [4.69, 9.17) is 9.73 Å². The molecule has 1 fully saturated rings. The second-order valence-electron chi connectivity index (χ2n) is 7.43. The highest BCUT2D eigenvalue weighted by Gasteiger charge is 2.20. The summed E-state index contributed by atoms with van der Waals surface area (Å²) in [6.07, 6.45) is 0. The van der Waals surface area contributed by atoms with Crippen LogP contribution in [0, 0.1) is 0 Å². The number of guanidine groups is 1. The maximum atomic E-state index is 12.4. The molecule has 0 unspecified atom stereocenters. The highest BCUT2D eigenvalue weighted by molar-refractivity contribution is 14.0. The van der Waals surface area contributed by atoms with E-state index in [1.807, 2.05) is 60.4 Å². The molecule has 1 amide bonds. The summed E-state index contributed by atoms with van der Waals surface area (Å²) in [5.41, 5.74) is 2.41. The maximum Gasteiger partial charge on any atom is 0.338 e. The number of aliphatic imine (C=N–C) groups is 1. The average Bonchev–Trinajstić information content (AvgIpc) is 2.81. The van der Waals surface area contributed by atoms with E-state index in [1.54, 1.807) is 13.0 Å². The lowest BCUT2D eigenvalue weighted by molar-refractivity contribution is -0.130. The van der Waals surface area contributed by atoms with E-state index in [0.29, 0.717) is 25.2 Å². The van der Waals surface area contributed by atoms with Crippen LogP contribution >= 0.6 is 24.0 Å². The van der Waals surface area contributed by atoms with Gasteiger partial charge in [-0.15, -0.1) is 24.0 Å². The molecule has 1 saturated heterocycles. The summed E-state index contributed by atoms with van der Waals surface area (Å²) < 4.78 is 5.43. The second kappa shape index (κ2) is 13.0. The second-order valence-corrected chi connectivity index (χ2v) is 7.43. The summed E-state index contributed by atoms with van der Waals surface area (Å²) in [6, 6.07) is 17.0. The predicted molar refractivity (Wildman–Crippen MR) is 136 cm³/mol. The number of piperazine rings is 1. The number of benzene rings is 2. The molecule has 0 bridgehead atoms. The number of rotatable bonds is 6. The van der Waals surface area contributed by atoms with Crippen LogP contribution in [0.25, 0.3) is 0 Å². The smallest absolute Gasteiger partial charge is 0.338 e. The van der Waals surface area contributed by atoms with Gasteiger partial charge < -0.3 is 19.9 Å². The summed E-state index contributed by atoms with van der Waals surface area (Å²) in [5.74, 6) is 0.585. The Hall–Kier alpha value is -2.62. The van der Waals surface area contributed by atoms with Crippen molar-refractivity contribution < 1.29 is 14.3 Å². The molecule has 1 heterocycles. The van der Waals surface area contributed by atoms with Gasteiger partial charge in [0, 0.05) is 39.6 Å². The van der Waals surface area contributed by atoms with Crippen molar-refractivity contribution in [1.82, 2.24) is 15.1 Å². The van der Waals surface area contributed by atoms with Crippen molar-refractivity contribution in [2.24, 2.45) is 4.99 Å². The number of halogens is 1. The largest absolute Gasteiger partial charge is 0.457 e. The standard InChI is InChI=1S/C24H30N4O3.HI/c1-3-25-24(28-14-12-27(13-15-28)19(2)29)26-17-21-10-7-11-22(16-21)23(30)31-18-20-8-5-4-6-9-20;/h4-11,16H,3,12-15,17-18H2,1-2H3,(H,25,26);1H. The minimum atomic E-state index is -0.345. The van der Waals surface area contributed by atoms with E-state index in [1.165, 1.54) is 0 Å². The van der Waals surface area contributed by atoms with Crippen molar-refractivity contribution >= 4 is 41.8 Å². The first-order valence-electron chi connectivity index (χ1n) is 10.7. The third kappa shape index (κ3) is 7.51. The lowest BCUT2D eigenvalue weighted by Crippen LogP contribution is -2.53. The highest BCUT2D eigenvalue weighted by atomic mass is 127. The monoisotopic (exact) mass is 550 g/mol. The Morgan fingerprint density at radius 3 is 2.28 bits per heavy atom. The van der Waals surface area contributed by atoms with Gasteiger partial charge in [-0.3, -0.25) is 4.79 Å². The highest BCUT2D eigenvalue weighted by Crippen LogP contribution is 2.11. The number of hydrogen-bond donors (Lipinski definition) is 1. The van der Waals surface area contributed by atoms with Crippen LogP contribution in [0.1, 0.15) is 35.3 Å². The summed E-state index contributed by atoms with van der Waals surface area (Å²) >= 11 is 0. The van der Waals surface area contributed by atoms with Crippen LogP contribution in [0.5, 0.6) is 0 Å². The van der Waals surface area contributed by atoms with Gasteiger partial charge in [0.25, 0.3) is 0 Å². The number of ether oxygens (including phenoxy) is 1. The zero-order valence-corrected chi connectivity index (χ0v) is 21.0. The van der Waals surface area contributed by atoms with E-state index >= 15 is 0 Å². The van der Waals surface area contributed by atoms with E-state index in [-0.39, 0.29) is 42.5 Å². The van der Waals surface area contributed by atoms with Gasteiger partial charge in [-0.1, -0.05) is 42.5 Å². The first-order chi connectivity index (χ1) is 15.1. The van der Waals surface area contributed by atoms with Crippen molar-refractivity contribution in [3.8, 4) is 0 Å². The molecule has 172 valence electrons. The molecule has 0 spiro atoms. The van der Waals surface area contributed by atoms with E-state index in [2.05, 4.69) is 10.2 Å². The first kappa shape index (κ1) is 25.6. The normalized spacial score (nSPS) is 13.9. The Morgan fingerprint density at radius 1 is 0.969 bits per heavy atom. The SMILES string of the molecule is CCNC(=NCc1cccc(C(=O)OCc2ccccc2)c1)N1CCN(C(C)=O)CC1.I. The molecule has 0 aliphatic carbocycles. The van der Waals surface area contributed by atoms with Gasteiger partial charge in [0.1, 0.15) is 6.61 Å². The number of carbonyl (C=O) groups excluding carboxylic acids is 2. The number of esters is 1. The minimum absolute atomic E-state index is 0. The number of hydrogen-bond acceptors (Lipinski definition) is 4. The topological polar surface area (TPSA) is 74.2 Å². The fraction of sp³-hybridized carbons (Fsp3) is 0.375. The molecule has 0 atom stereocenters. The fourth-order valence-electron chi connectivity index (χ4n) is 3.43. The molecule has 32 heavy (non-hydrogen) atoms. The molecule has 2 aromatic rings. The van der Waals surface area contributed by atoms with Crippen molar-refractivity contribution in [2.75, 3.05) is 32.7 Å². The molecule has 0 aromatic heterocycles. The molecule has 0 radical (unpaired) electrons. The van der Waals surface area contributed by atoms with E-state index < -0.39 is 0 Å². The van der Waals surface area contributed by atoms with Gasteiger partial charge >= 0.3 is 5.97 Å². The molecule has 8 heteroatoms.